The van der Waals surface area contributed by atoms with Crippen molar-refractivity contribution in [1.82, 2.24) is 4.90 Å². The Labute approximate surface area is 162 Å². The third-order valence-electron chi connectivity index (χ3n) is 4.64. The summed E-state index contributed by atoms with van der Waals surface area (Å²) in [4.78, 5) is 29.2. The summed E-state index contributed by atoms with van der Waals surface area (Å²) in [7, 11) is 0. The number of amides is 2. The SMILES string of the molecule is CSc1ccc(C(=O)Nc2sc3c(c2C(N)=O)CCN(C(C)C)C3)cc1. The van der Waals surface area contributed by atoms with Crippen LogP contribution in [0.3, 0.4) is 0 Å². The molecule has 138 valence electrons. The Kier molecular flexibility index (Phi) is 5.70. The van der Waals surface area contributed by atoms with Crippen LogP contribution in [0.4, 0.5) is 5.00 Å². The molecule has 3 rings (SSSR count). The Bertz CT molecular complexity index is 828. The number of hydrogen-bond donors (Lipinski definition) is 2. The molecule has 2 aromatic rings. The summed E-state index contributed by atoms with van der Waals surface area (Å²) >= 11 is 3.09. The lowest BCUT2D eigenvalue weighted by Gasteiger charge is -2.30. The van der Waals surface area contributed by atoms with Gasteiger partial charge in [-0.05, 0) is 56.4 Å². The molecular weight excluding hydrogens is 366 g/mol. The molecule has 0 bridgehead atoms. The summed E-state index contributed by atoms with van der Waals surface area (Å²) in [6.07, 6.45) is 2.77. The van der Waals surface area contributed by atoms with Crippen LogP contribution in [-0.4, -0.2) is 35.6 Å². The van der Waals surface area contributed by atoms with E-state index in [-0.39, 0.29) is 5.91 Å². The van der Waals surface area contributed by atoms with E-state index in [9.17, 15) is 9.59 Å². The van der Waals surface area contributed by atoms with E-state index in [1.807, 2.05) is 18.4 Å². The van der Waals surface area contributed by atoms with Gasteiger partial charge in [0, 0.05) is 34.5 Å². The van der Waals surface area contributed by atoms with Gasteiger partial charge in [-0.2, -0.15) is 0 Å². The maximum absolute atomic E-state index is 12.6. The molecule has 1 aliphatic heterocycles. The van der Waals surface area contributed by atoms with Gasteiger partial charge in [-0.1, -0.05) is 0 Å². The number of thiophene rings is 1. The van der Waals surface area contributed by atoms with Crippen LogP contribution in [0.25, 0.3) is 0 Å². The number of benzene rings is 1. The maximum Gasteiger partial charge on any atom is 0.256 e. The molecule has 26 heavy (non-hydrogen) atoms. The molecule has 0 unspecified atom stereocenters. The van der Waals surface area contributed by atoms with Crippen molar-refractivity contribution in [3.63, 3.8) is 0 Å². The fourth-order valence-electron chi connectivity index (χ4n) is 3.13. The van der Waals surface area contributed by atoms with E-state index in [1.165, 1.54) is 11.3 Å². The third kappa shape index (κ3) is 3.79. The summed E-state index contributed by atoms with van der Waals surface area (Å²) in [5, 5.41) is 3.46. The minimum absolute atomic E-state index is 0.223. The molecule has 2 amide bonds. The Balaban J connectivity index is 1.87. The average Bonchev–Trinajstić information content (AvgIpc) is 2.98. The van der Waals surface area contributed by atoms with Crippen LogP contribution in [0.1, 0.15) is 45.0 Å². The molecule has 2 heterocycles. The van der Waals surface area contributed by atoms with Gasteiger partial charge >= 0.3 is 0 Å². The molecule has 0 spiro atoms. The zero-order valence-corrected chi connectivity index (χ0v) is 16.8. The molecule has 0 atom stereocenters. The quantitative estimate of drug-likeness (QED) is 0.767. The van der Waals surface area contributed by atoms with Gasteiger partial charge in [0.15, 0.2) is 0 Å². The lowest BCUT2D eigenvalue weighted by molar-refractivity contribution is 0.0999. The predicted molar refractivity (Wildman–Crippen MR) is 108 cm³/mol. The summed E-state index contributed by atoms with van der Waals surface area (Å²) < 4.78 is 0. The molecular formula is C19H23N3O2S2. The smallest absolute Gasteiger partial charge is 0.256 e. The number of fused-ring (bicyclic) bond motifs is 1. The van der Waals surface area contributed by atoms with Gasteiger partial charge in [-0.3, -0.25) is 14.5 Å². The number of primary amides is 1. The van der Waals surface area contributed by atoms with Crippen LogP contribution in [0, 0.1) is 0 Å². The number of nitrogens with zero attached hydrogens (tertiary/aromatic N) is 1. The van der Waals surface area contributed by atoms with Gasteiger partial charge < -0.3 is 11.1 Å². The molecule has 5 nitrogen and oxygen atoms in total. The molecule has 1 aliphatic rings. The first-order valence-electron chi connectivity index (χ1n) is 8.54. The number of carbonyl (C=O) groups excluding carboxylic acids is 2. The zero-order valence-electron chi connectivity index (χ0n) is 15.2. The fourth-order valence-corrected chi connectivity index (χ4v) is 4.81. The summed E-state index contributed by atoms with van der Waals surface area (Å²) in [6.45, 7) is 6.00. The standard InChI is InChI=1S/C19H23N3O2S2/c1-11(2)22-9-8-14-15(10-22)26-19(16(14)17(20)23)21-18(24)12-4-6-13(25-3)7-5-12/h4-7,11H,8-10H2,1-3H3,(H2,20,23)(H,21,24). The summed E-state index contributed by atoms with van der Waals surface area (Å²) in [6, 6.07) is 7.84. The second-order valence-electron chi connectivity index (χ2n) is 6.57. The number of rotatable bonds is 5. The van der Waals surface area contributed by atoms with Crippen molar-refractivity contribution in [3.8, 4) is 0 Å². The molecule has 0 radical (unpaired) electrons. The predicted octanol–water partition coefficient (Wildman–Crippen LogP) is 3.59. The van der Waals surface area contributed by atoms with E-state index >= 15 is 0 Å². The Morgan fingerprint density at radius 3 is 2.54 bits per heavy atom. The summed E-state index contributed by atoms with van der Waals surface area (Å²) in [5.41, 5.74) is 7.66. The van der Waals surface area contributed by atoms with Crippen LogP contribution in [-0.2, 0) is 13.0 Å². The number of anilines is 1. The molecule has 7 heteroatoms. The second kappa shape index (κ2) is 7.82. The summed E-state index contributed by atoms with van der Waals surface area (Å²) in [5.74, 6) is -0.701. The largest absolute Gasteiger partial charge is 0.365 e. The number of nitrogens with one attached hydrogen (secondary N) is 1. The first-order chi connectivity index (χ1) is 12.4. The fraction of sp³-hybridized carbons (Fsp3) is 0.368. The topological polar surface area (TPSA) is 75.4 Å². The average molecular weight is 390 g/mol. The van der Waals surface area contributed by atoms with Gasteiger partial charge in [0.05, 0.1) is 5.56 Å². The van der Waals surface area contributed by atoms with Gasteiger partial charge in [0.25, 0.3) is 11.8 Å². The van der Waals surface area contributed by atoms with Crippen LogP contribution in [0.5, 0.6) is 0 Å². The number of nitrogens with two attached hydrogens (primary N) is 1. The Morgan fingerprint density at radius 1 is 1.27 bits per heavy atom. The number of hydrogen-bond acceptors (Lipinski definition) is 5. The highest BCUT2D eigenvalue weighted by Gasteiger charge is 2.28. The molecule has 0 saturated carbocycles. The number of carbonyl (C=O) groups is 2. The first kappa shape index (κ1) is 18.9. The first-order valence-corrected chi connectivity index (χ1v) is 10.6. The van der Waals surface area contributed by atoms with Crippen LogP contribution < -0.4 is 11.1 Å². The van der Waals surface area contributed by atoms with Gasteiger partial charge in [-0.15, -0.1) is 23.1 Å². The minimum Gasteiger partial charge on any atom is -0.365 e. The van der Waals surface area contributed by atoms with Crippen LogP contribution in [0.15, 0.2) is 29.2 Å². The molecule has 0 fully saturated rings. The zero-order chi connectivity index (χ0) is 18.8. The van der Waals surface area contributed by atoms with E-state index in [2.05, 4.69) is 24.1 Å². The third-order valence-corrected chi connectivity index (χ3v) is 6.52. The van der Waals surface area contributed by atoms with Crippen molar-refractivity contribution in [3.05, 3.63) is 45.8 Å². The van der Waals surface area contributed by atoms with Crippen molar-refractivity contribution in [1.29, 1.82) is 0 Å². The number of thioether (sulfide) groups is 1. The normalized spacial score (nSPS) is 14.3. The molecule has 0 saturated heterocycles. The van der Waals surface area contributed by atoms with E-state index in [0.29, 0.717) is 22.2 Å². The lowest BCUT2D eigenvalue weighted by Crippen LogP contribution is -2.35. The molecule has 3 N–H and O–H groups in total. The highest BCUT2D eigenvalue weighted by Crippen LogP contribution is 2.37. The Hall–Kier alpha value is -1.83. The monoisotopic (exact) mass is 389 g/mol. The van der Waals surface area contributed by atoms with Crippen LogP contribution in [0.2, 0.25) is 0 Å². The maximum atomic E-state index is 12.6. The van der Waals surface area contributed by atoms with Gasteiger partial charge in [0.2, 0.25) is 0 Å². The lowest BCUT2D eigenvalue weighted by atomic mass is 10.0. The Morgan fingerprint density at radius 2 is 1.96 bits per heavy atom. The molecule has 1 aromatic carbocycles. The van der Waals surface area contributed by atoms with E-state index in [0.717, 1.165) is 34.8 Å². The van der Waals surface area contributed by atoms with Crippen molar-refractivity contribution in [2.75, 3.05) is 18.1 Å². The van der Waals surface area contributed by atoms with E-state index in [1.54, 1.807) is 23.9 Å². The second-order valence-corrected chi connectivity index (χ2v) is 8.55. The van der Waals surface area contributed by atoms with Crippen molar-refractivity contribution in [2.24, 2.45) is 5.73 Å². The van der Waals surface area contributed by atoms with Crippen molar-refractivity contribution < 1.29 is 9.59 Å². The highest BCUT2D eigenvalue weighted by atomic mass is 32.2. The van der Waals surface area contributed by atoms with Crippen molar-refractivity contribution >= 4 is 39.9 Å². The van der Waals surface area contributed by atoms with Gasteiger partial charge in [-0.25, -0.2) is 0 Å². The van der Waals surface area contributed by atoms with E-state index in [4.69, 9.17) is 5.73 Å². The molecule has 0 aliphatic carbocycles. The van der Waals surface area contributed by atoms with E-state index < -0.39 is 5.91 Å². The minimum atomic E-state index is -0.478. The highest BCUT2D eigenvalue weighted by molar-refractivity contribution is 7.98. The van der Waals surface area contributed by atoms with Gasteiger partial charge in [0.1, 0.15) is 5.00 Å². The van der Waals surface area contributed by atoms with Crippen molar-refractivity contribution in [2.45, 2.75) is 37.8 Å². The molecule has 1 aromatic heterocycles. The van der Waals surface area contributed by atoms with Crippen LogP contribution >= 0.6 is 23.1 Å².